The Balaban J connectivity index is 1.65. The van der Waals surface area contributed by atoms with Crippen molar-refractivity contribution in [1.82, 2.24) is 14.2 Å². The Morgan fingerprint density at radius 1 is 1.20 bits per heavy atom. The van der Waals surface area contributed by atoms with Crippen LogP contribution < -0.4 is 5.32 Å². The molecule has 3 rings (SSSR count). The molecule has 1 atom stereocenters. The van der Waals surface area contributed by atoms with Crippen LogP contribution in [0.15, 0.2) is 33.6 Å². The zero-order valence-corrected chi connectivity index (χ0v) is 18.3. The van der Waals surface area contributed by atoms with E-state index in [0.29, 0.717) is 43.5 Å². The second kappa shape index (κ2) is 9.25. The molecular formula is C20H28N4O5S. The number of amides is 1. The number of aliphatic hydroxyl groups excluding tert-OH is 1. The number of aryl methyl sites for hydroxylation is 2. The van der Waals surface area contributed by atoms with Crippen LogP contribution in [0.5, 0.6) is 0 Å². The number of aliphatic hydroxyl groups is 1. The summed E-state index contributed by atoms with van der Waals surface area (Å²) in [7, 11) is -3.62. The van der Waals surface area contributed by atoms with Gasteiger partial charge in [-0.1, -0.05) is 6.92 Å². The summed E-state index contributed by atoms with van der Waals surface area (Å²) in [6.45, 7) is 7.35. The van der Waals surface area contributed by atoms with Crippen LogP contribution in [0.25, 0.3) is 0 Å². The summed E-state index contributed by atoms with van der Waals surface area (Å²) in [6.07, 6.45) is 0.823. The van der Waals surface area contributed by atoms with Crippen molar-refractivity contribution in [3.63, 3.8) is 0 Å². The van der Waals surface area contributed by atoms with Crippen LogP contribution in [0.1, 0.15) is 35.5 Å². The van der Waals surface area contributed by atoms with Gasteiger partial charge in [-0.05, 0) is 37.6 Å². The number of sulfonamides is 1. The van der Waals surface area contributed by atoms with E-state index in [-0.39, 0.29) is 23.3 Å². The Morgan fingerprint density at radius 3 is 2.33 bits per heavy atom. The molecule has 2 heterocycles. The zero-order valence-electron chi connectivity index (χ0n) is 17.5. The van der Waals surface area contributed by atoms with Crippen LogP contribution in [0.4, 0.5) is 5.69 Å². The van der Waals surface area contributed by atoms with Gasteiger partial charge in [0.05, 0.1) is 17.2 Å². The SMILES string of the molecule is CC[C@@H](CO)N1CCN(S(=O)(=O)c2ccc(NC(=O)c3oc(C)nc3C)cc2)CC1. The van der Waals surface area contributed by atoms with E-state index in [9.17, 15) is 18.3 Å². The van der Waals surface area contributed by atoms with Gasteiger partial charge < -0.3 is 14.8 Å². The summed E-state index contributed by atoms with van der Waals surface area (Å²) >= 11 is 0. The maximum Gasteiger partial charge on any atom is 0.293 e. The minimum Gasteiger partial charge on any atom is -0.436 e. The number of nitrogens with one attached hydrogen (secondary N) is 1. The van der Waals surface area contributed by atoms with Crippen molar-refractivity contribution in [2.24, 2.45) is 0 Å². The predicted octanol–water partition coefficient (Wildman–Crippen LogP) is 1.62. The van der Waals surface area contributed by atoms with Crippen LogP contribution in [0.3, 0.4) is 0 Å². The standard InChI is InChI=1S/C20H28N4O5S/c1-4-17(13-25)23-9-11-24(12-10-23)30(27,28)18-7-5-16(6-8-18)22-20(26)19-14(2)21-15(3)29-19/h5-8,17,25H,4,9-13H2,1-3H3,(H,22,26)/t17-/m0/s1. The van der Waals surface area contributed by atoms with E-state index in [2.05, 4.69) is 15.2 Å². The molecule has 9 nitrogen and oxygen atoms in total. The molecule has 0 radical (unpaired) electrons. The lowest BCUT2D eigenvalue weighted by Crippen LogP contribution is -2.52. The quantitative estimate of drug-likeness (QED) is 0.677. The van der Waals surface area contributed by atoms with Gasteiger partial charge >= 0.3 is 0 Å². The third-order valence-electron chi connectivity index (χ3n) is 5.33. The van der Waals surface area contributed by atoms with E-state index in [1.165, 1.54) is 16.4 Å². The average Bonchev–Trinajstić information content (AvgIpc) is 3.08. The normalized spacial score (nSPS) is 17.1. The van der Waals surface area contributed by atoms with Gasteiger partial charge in [0.1, 0.15) is 0 Å². The molecule has 164 valence electrons. The Bertz CT molecular complexity index is 975. The summed E-state index contributed by atoms with van der Waals surface area (Å²) in [4.78, 5) is 18.7. The topological polar surface area (TPSA) is 116 Å². The third-order valence-corrected chi connectivity index (χ3v) is 7.24. The first kappa shape index (κ1) is 22.4. The predicted molar refractivity (Wildman–Crippen MR) is 112 cm³/mol. The van der Waals surface area contributed by atoms with Gasteiger partial charge in [-0.15, -0.1) is 0 Å². The lowest BCUT2D eigenvalue weighted by molar-refractivity contribution is 0.0881. The van der Waals surface area contributed by atoms with Gasteiger partial charge in [-0.2, -0.15) is 4.31 Å². The summed E-state index contributed by atoms with van der Waals surface area (Å²) in [5, 5.41) is 12.1. The molecule has 2 aromatic rings. The fourth-order valence-corrected chi connectivity index (χ4v) is 5.02. The molecule has 0 saturated carbocycles. The van der Waals surface area contributed by atoms with Crippen LogP contribution >= 0.6 is 0 Å². The van der Waals surface area contributed by atoms with Gasteiger partial charge in [0.2, 0.25) is 15.8 Å². The highest BCUT2D eigenvalue weighted by Crippen LogP contribution is 2.21. The van der Waals surface area contributed by atoms with Gasteiger partial charge in [0.25, 0.3) is 5.91 Å². The Labute approximate surface area is 176 Å². The number of nitrogens with zero attached hydrogens (tertiary/aromatic N) is 3. The maximum absolute atomic E-state index is 13.0. The van der Waals surface area contributed by atoms with Crippen LogP contribution in [0, 0.1) is 13.8 Å². The van der Waals surface area contributed by atoms with Crippen molar-refractivity contribution in [3.05, 3.63) is 41.6 Å². The first-order chi connectivity index (χ1) is 14.3. The molecule has 10 heteroatoms. The molecule has 1 fully saturated rings. The van der Waals surface area contributed by atoms with Gasteiger partial charge in [-0.25, -0.2) is 13.4 Å². The van der Waals surface area contributed by atoms with Gasteiger partial charge in [0.15, 0.2) is 5.89 Å². The first-order valence-corrected chi connectivity index (χ1v) is 11.4. The van der Waals surface area contributed by atoms with Crippen LogP contribution in [-0.2, 0) is 10.0 Å². The molecule has 2 N–H and O–H groups in total. The van der Waals surface area contributed by atoms with Crippen molar-refractivity contribution < 1.29 is 22.7 Å². The van der Waals surface area contributed by atoms with E-state index < -0.39 is 15.9 Å². The average molecular weight is 437 g/mol. The molecule has 0 unspecified atom stereocenters. The minimum absolute atomic E-state index is 0.0644. The number of aromatic nitrogens is 1. The second-order valence-electron chi connectivity index (χ2n) is 7.31. The fraction of sp³-hybridized carbons (Fsp3) is 0.500. The highest BCUT2D eigenvalue weighted by atomic mass is 32.2. The molecule has 1 aliphatic heterocycles. The number of carbonyl (C=O) groups excluding carboxylic acids is 1. The van der Waals surface area contributed by atoms with Gasteiger partial charge in [-0.3, -0.25) is 9.69 Å². The van der Waals surface area contributed by atoms with Crippen molar-refractivity contribution in [2.75, 3.05) is 38.1 Å². The summed E-state index contributed by atoms with van der Waals surface area (Å²) in [5.74, 6) is 0.105. The number of carbonyl (C=O) groups is 1. The number of anilines is 1. The molecule has 0 aliphatic carbocycles. The molecule has 1 aromatic carbocycles. The molecule has 1 aromatic heterocycles. The largest absolute Gasteiger partial charge is 0.436 e. The van der Waals surface area contributed by atoms with Crippen molar-refractivity contribution in [3.8, 4) is 0 Å². The smallest absolute Gasteiger partial charge is 0.293 e. The molecule has 1 saturated heterocycles. The minimum atomic E-state index is -3.62. The van der Waals surface area contributed by atoms with Gasteiger partial charge in [0, 0.05) is 44.8 Å². The summed E-state index contributed by atoms with van der Waals surface area (Å²) in [6, 6.07) is 6.14. The Kier molecular flexibility index (Phi) is 6.91. The second-order valence-corrected chi connectivity index (χ2v) is 9.25. The monoisotopic (exact) mass is 436 g/mol. The fourth-order valence-electron chi connectivity index (χ4n) is 3.60. The highest BCUT2D eigenvalue weighted by molar-refractivity contribution is 7.89. The maximum atomic E-state index is 13.0. The molecule has 0 bridgehead atoms. The molecule has 0 spiro atoms. The van der Waals surface area contributed by atoms with E-state index in [1.807, 2.05) is 6.92 Å². The highest BCUT2D eigenvalue weighted by Gasteiger charge is 2.30. The summed E-state index contributed by atoms with van der Waals surface area (Å²) < 4.78 is 32.7. The zero-order chi connectivity index (χ0) is 21.9. The molecular weight excluding hydrogens is 408 g/mol. The number of piperazine rings is 1. The number of oxazole rings is 1. The number of hydrogen-bond acceptors (Lipinski definition) is 7. The Morgan fingerprint density at radius 2 is 1.83 bits per heavy atom. The van der Waals surface area contributed by atoms with Crippen molar-refractivity contribution in [2.45, 2.75) is 38.1 Å². The summed E-state index contributed by atoms with van der Waals surface area (Å²) in [5.41, 5.74) is 0.959. The number of rotatable bonds is 7. The van der Waals surface area contributed by atoms with Crippen molar-refractivity contribution >= 4 is 21.6 Å². The Hall–Kier alpha value is -2.27. The van der Waals surface area contributed by atoms with E-state index >= 15 is 0 Å². The van der Waals surface area contributed by atoms with E-state index in [4.69, 9.17) is 4.42 Å². The molecule has 1 aliphatic rings. The van der Waals surface area contributed by atoms with Crippen LogP contribution in [0.2, 0.25) is 0 Å². The third kappa shape index (κ3) is 4.72. The van der Waals surface area contributed by atoms with Crippen LogP contribution in [-0.4, -0.2) is 72.4 Å². The number of benzene rings is 1. The lowest BCUT2D eigenvalue weighted by atomic mass is 10.2. The molecule has 30 heavy (non-hydrogen) atoms. The lowest BCUT2D eigenvalue weighted by Gasteiger charge is -2.37. The van der Waals surface area contributed by atoms with E-state index in [1.54, 1.807) is 26.0 Å². The number of hydrogen-bond donors (Lipinski definition) is 2. The molecule has 1 amide bonds. The van der Waals surface area contributed by atoms with E-state index in [0.717, 1.165) is 6.42 Å². The van der Waals surface area contributed by atoms with Crippen molar-refractivity contribution in [1.29, 1.82) is 0 Å². The first-order valence-electron chi connectivity index (χ1n) is 9.96.